The molecule has 0 aromatic carbocycles. The van der Waals surface area contributed by atoms with Gasteiger partial charge < -0.3 is 15.0 Å². The second kappa shape index (κ2) is 4.66. The number of aromatic carboxylic acids is 1. The first-order chi connectivity index (χ1) is 8.09. The molecule has 1 saturated heterocycles. The maximum Gasteiger partial charge on any atom is 0.354 e. The Hall–Kier alpha value is -1.70. The number of hydrogen-bond donors (Lipinski definition) is 2. The summed E-state index contributed by atoms with van der Waals surface area (Å²) in [4.78, 5) is 30.4. The Kier molecular flexibility index (Phi) is 3.23. The van der Waals surface area contributed by atoms with Crippen molar-refractivity contribution in [1.82, 2.24) is 14.9 Å². The second-order valence-corrected chi connectivity index (χ2v) is 5.27. The van der Waals surface area contributed by atoms with E-state index < -0.39 is 22.7 Å². The van der Waals surface area contributed by atoms with Gasteiger partial charge in [0, 0.05) is 35.4 Å². The largest absolute Gasteiger partial charge is 0.477 e. The lowest BCUT2D eigenvalue weighted by atomic mass is 10.3. The zero-order chi connectivity index (χ0) is 12.4. The summed E-state index contributed by atoms with van der Waals surface area (Å²) in [5.74, 6) is -0.788. The minimum Gasteiger partial charge on any atom is -0.477 e. The highest BCUT2D eigenvalue weighted by molar-refractivity contribution is 7.85. The molecule has 1 fully saturated rings. The number of carboxylic acids is 1. The zero-order valence-corrected chi connectivity index (χ0v) is 9.70. The number of aromatic amines is 1. The smallest absolute Gasteiger partial charge is 0.354 e. The van der Waals surface area contributed by atoms with Gasteiger partial charge in [0.15, 0.2) is 11.4 Å². The van der Waals surface area contributed by atoms with Crippen LogP contribution >= 0.6 is 0 Å². The van der Waals surface area contributed by atoms with Crippen LogP contribution < -0.4 is 0 Å². The fourth-order valence-electron chi connectivity index (χ4n) is 1.61. The highest BCUT2D eigenvalue weighted by Crippen LogP contribution is 2.09. The fourth-order valence-corrected chi connectivity index (χ4v) is 2.66. The average molecular weight is 257 g/mol. The molecule has 2 N–H and O–H groups in total. The van der Waals surface area contributed by atoms with Crippen LogP contribution in [-0.2, 0) is 10.8 Å². The van der Waals surface area contributed by atoms with Gasteiger partial charge in [0.1, 0.15) is 0 Å². The van der Waals surface area contributed by atoms with Crippen molar-refractivity contribution in [2.45, 2.75) is 0 Å². The highest BCUT2D eigenvalue weighted by Gasteiger charge is 2.26. The molecule has 0 radical (unpaired) electrons. The lowest BCUT2D eigenvalue weighted by molar-refractivity contribution is 0.0671. The summed E-state index contributed by atoms with van der Waals surface area (Å²) < 4.78 is 11.2. The van der Waals surface area contributed by atoms with Gasteiger partial charge in [-0.15, -0.1) is 0 Å². The zero-order valence-electron chi connectivity index (χ0n) is 8.88. The van der Waals surface area contributed by atoms with Crippen molar-refractivity contribution in [3.63, 3.8) is 0 Å². The van der Waals surface area contributed by atoms with Gasteiger partial charge in [-0.1, -0.05) is 0 Å². The van der Waals surface area contributed by atoms with E-state index in [9.17, 15) is 13.8 Å². The predicted molar refractivity (Wildman–Crippen MR) is 59.3 cm³/mol. The van der Waals surface area contributed by atoms with Crippen molar-refractivity contribution < 1.29 is 18.9 Å². The average Bonchev–Trinajstić information content (AvgIpc) is 2.78. The van der Waals surface area contributed by atoms with Crippen LogP contribution in [0.3, 0.4) is 0 Å². The van der Waals surface area contributed by atoms with Crippen molar-refractivity contribution in [2.24, 2.45) is 0 Å². The van der Waals surface area contributed by atoms with Crippen molar-refractivity contribution in [2.75, 3.05) is 24.6 Å². The molecule has 2 rings (SSSR count). The molecular weight excluding hydrogens is 246 g/mol. The molecule has 92 valence electrons. The predicted octanol–water partition coefficient (Wildman–Crippen LogP) is -0.688. The number of carboxylic acid groups (broad SMARTS) is 1. The number of hydrogen-bond acceptors (Lipinski definition) is 4. The first-order valence-corrected chi connectivity index (χ1v) is 6.49. The second-order valence-electron chi connectivity index (χ2n) is 3.57. The van der Waals surface area contributed by atoms with Gasteiger partial charge in [0.25, 0.3) is 5.91 Å². The van der Waals surface area contributed by atoms with Gasteiger partial charge in [-0.05, 0) is 0 Å². The third-order valence-electron chi connectivity index (χ3n) is 2.52. The number of nitrogens with zero attached hydrogens (tertiary/aromatic N) is 2. The minimum absolute atomic E-state index is 0.0924. The van der Waals surface area contributed by atoms with Crippen LogP contribution in [0.5, 0.6) is 0 Å². The van der Waals surface area contributed by atoms with E-state index in [0.717, 1.165) is 0 Å². The molecular formula is C9H11N3O4S. The molecule has 0 aliphatic carbocycles. The Bertz CT molecular complexity index is 474. The molecule has 0 unspecified atom stereocenters. The van der Waals surface area contributed by atoms with E-state index in [1.807, 2.05) is 0 Å². The normalized spacial score (nSPS) is 17.1. The molecule has 1 aromatic rings. The number of imidazole rings is 1. The summed E-state index contributed by atoms with van der Waals surface area (Å²) in [6.45, 7) is 0.745. The molecule has 2 heterocycles. The number of carbonyl (C=O) groups is 2. The van der Waals surface area contributed by atoms with Crippen LogP contribution in [0, 0.1) is 0 Å². The van der Waals surface area contributed by atoms with Crippen molar-refractivity contribution in [1.29, 1.82) is 0 Å². The molecule has 1 aromatic heterocycles. The number of H-pyrrole nitrogens is 1. The van der Waals surface area contributed by atoms with Crippen LogP contribution in [0.25, 0.3) is 0 Å². The van der Waals surface area contributed by atoms with E-state index in [-0.39, 0.29) is 11.4 Å². The lowest BCUT2D eigenvalue weighted by Gasteiger charge is -2.25. The Morgan fingerprint density at radius 1 is 1.41 bits per heavy atom. The van der Waals surface area contributed by atoms with Gasteiger partial charge in [0.05, 0.1) is 6.33 Å². The summed E-state index contributed by atoms with van der Waals surface area (Å²) >= 11 is 0. The van der Waals surface area contributed by atoms with E-state index in [0.29, 0.717) is 24.6 Å². The van der Waals surface area contributed by atoms with Gasteiger partial charge in [0.2, 0.25) is 0 Å². The molecule has 8 heteroatoms. The minimum atomic E-state index is -1.22. The van der Waals surface area contributed by atoms with E-state index in [4.69, 9.17) is 5.11 Å². The monoisotopic (exact) mass is 257 g/mol. The van der Waals surface area contributed by atoms with E-state index in [2.05, 4.69) is 9.97 Å². The van der Waals surface area contributed by atoms with Gasteiger partial charge in [-0.25, -0.2) is 9.78 Å². The molecule has 1 aliphatic heterocycles. The van der Waals surface area contributed by atoms with Gasteiger partial charge >= 0.3 is 5.97 Å². The van der Waals surface area contributed by atoms with Gasteiger partial charge in [-0.2, -0.15) is 0 Å². The van der Waals surface area contributed by atoms with E-state index in [1.165, 1.54) is 11.2 Å². The Morgan fingerprint density at radius 2 is 2.06 bits per heavy atom. The standard InChI is InChI=1S/C9H11N3O4S/c13-8(12-1-3-17(16)4-2-12)6-7(9(14)15)11-5-10-6/h5H,1-4H2,(H,10,11)(H,14,15). The summed E-state index contributed by atoms with van der Waals surface area (Å²) in [5, 5.41) is 8.85. The molecule has 0 atom stereocenters. The third kappa shape index (κ3) is 2.36. The van der Waals surface area contributed by atoms with Crippen LogP contribution in [-0.4, -0.2) is 60.7 Å². The lowest BCUT2D eigenvalue weighted by Crippen LogP contribution is -2.42. The number of amides is 1. The summed E-state index contributed by atoms with van der Waals surface area (Å²) in [6, 6.07) is 0. The molecule has 7 nitrogen and oxygen atoms in total. The number of aromatic nitrogens is 2. The first kappa shape index (κ1) is 11.8. The molecule has 0 saturated carbocycles. The Labute approximate surface area is 99.3 Å². The maximum atomic E-state index is 12.0. The molecule has 0 spiro atoms. The summed E-state index contributed by atoms with van der Waals surface area (Å²) in [7, 11) is -0.877. The van der Waals surface area contributed by atoms with Crippen LogP contribution in [0.4, 0.5) is 0 Å². The molecule has 1 amide bonds. The number of rotatable bonds is 2. The van der Waals surface area contributed by atoms with E-state index in [1.54, 1.807) is 0 Å². The molecule has 1 aliphatic rings. The van der Waals surface area contributed by atoms with E-state index >= 15 is 0 Å². The summed E-state index contributed by atoms with van der Waals surface area (Å²) in [5.41, 5.74) is -0.299. The van der Waals surface area contributed by atoms with Crippen molar-refractivity contribution in [3.8, 4) is 0 Å². The summed E-state index contributed by atoms with van der Waals surface area (Å²) in [6.07, 6.45) is 1.18. The molecule has 0 bridgehead atoms. The van der Waals surface area contributed by atoms with Crippen molar-refractivity contribution in [3.05, 3.63) is 17.7 Å². The van der Waals surface area contributed by atoms with Gasteiger partial charge in [-0.3, -0.25) is 9.00 Å². The SMILES string of the molecule is O=C(O)c1[nH]cnc1C(=O)N1CCS(=O)CC1. The Balaban J connectivity index is 2.17. The number of carbonyl (C=O) groups excluding carboxylic acids is 1. The van der Waals surface area contributed by atoms with Crippen LogP contribution in [0.1, 0.15) is 21.0 Å². The maximum absolute atomic E-state index is 12.0. The quantitative estimate of drug-likeness (QED) is 0.730. The topological polar surface area (TPSA) is 103 Å². The van der Waals surface area contributed by atoms with Crippen LogP contribution in [0.2, 0.25) is 0 Å². The first-order valence-electron chi connectivity index (χ1n) is 5.00. The Morgan fingerprint density at radius 3 is 2.65 bits per heavy atom. The fraction of sp³-hybridized carbons (Fsp3) is 0.444. The third-order valence-corrected chi connectivity index (χ3v) is 3.80. The molecule has 17 heavy (non-hydrogen) atoms. The van der Waals surface area contributed by atoms with Crippen molar-refractivity contribution >= 4 is 22.7 Å². The van der Waals surface area contributed by atoms with Crippen LogP contribution in [0.15, 0.2) is 6.33 Å². The highest BCUT2D eigenvalue weighted by atomic mass is 32.2. The number of nitrogens with one attached hydrogen (secondary N) is 1.